The van der Waals surface area contributed by atoms with Crippen LogP contribution in [0.3, 0.4) is 0 Å². The second kappa shape index (κ2) is 30.9. The fourth-order valence-electron chi connectivity index (χ4n) is 6.73. The van der Waals surface area contributed by atoms with Gasteiger partial charge in [-0.25, -0.2) is 4.79 Å². The van der Waals surface area contributed by atoms with Crippen LogP contribution in [-0.4, -0.2) is 153 Å². The number of amides is 9. The molecule has 0 heterocycles. The average molecular weight is 1050 g/mol. The van der Waals surface area contributed by atoms with Gasteiger partial charge in [0.1, 0.15) is 53.8 Å². The molecule has 9 amide bonds. The Morgan fingerprint density at radius 1 is 0.589 bits per heavy atom. The number of carboxylic acid groups (broad SMARTS) is 1. The van der Waals surface area contributed by atoms with Crippen molar-refractivity contribution in [3.63, 3.8) is 0 Å². The molecular weight excluding hydrogens is 979 g/mol. The van der Waals surface area contributed by atoms with Gasteiger partial charge >= 0.3 is 5.97 Å². The van der Waals surface area contributed by atoms with Crippen LogP contribution in [-0.2, 0) is 60.8 Å². The zero-order valence-corrected chi connectivity index (χ0v) is 41.1. The number of phenolic OH excluding ortho intramolecular Hbond substituents is 2. The fourth-order valence-corrected chi connectivity index (χ4v) is 6.98. The Morgan fingerprint density at radius 3 is 1.47 bits per heavy atom. The molecule has 0 unspecified atom stereocenters. The van der Waals surface area contributed by atoms with Gasteiger partial charge in [-0.1, -0.05) is 44.5 Å². The Kier molecular flexibility index (Phi) is 26.0. The first-order valence-electron chi connectivity index (χ1n) is 22.9. The van der Waals surface area contributed by atoms with E-state index in [9.17, 15) is 68.4 Å². The number of nitrogens with one attached hydrogen (secondary N) is 7. The molecule has 21 N–H and O–H groups in total. The number of guanidine groups is 1. The molecule has 0 bridgehead atoms. The second-order valence-electron chi connectivity index (χ2n) is 16.9. The minimum atomic E-state index is -1.87. The number of carbonyl (C=O) groups excluding carboxylic acids is 9. The van der Waals surface area contributed by atoms with E-state index in [2.05, 4.69) is 54.8 Å². The average Bonchev–Trinajstić information content (AvgIpc) is 3.33. The molecule has 27 nitrogen and oxygen atoms in total. The topological polar surface area (TPSA) is 478 Å². The molecule has 2 rings (SSSR count). The normalized spacial score (nSPS) is 14.6. The molecule has 0 aliphatic carbocycles. The number of nitrogens with zero attached hydrogens (tertiary/aromatic N) is 1. The van der Waals surface area contributed by atoms with E-state index < -0.39 is 126 Å². The third kappa shape index (κ3) is 22.1. The summed E-state index contributed by atoms with van der Waals surface area (Å²) in [5, 5.41) is 56.5. The molecule has 0 aliphatic rings. The molecule has 0 saturated heterocycles. The lowest BCUT2D eigenvalue weighted by Gasteiger charge is -2.28. The number of aliphatic hydroxyl groups excluding tert-OH is 1. The van der Waals surface area contributed by atoms with Crippen LogP contribution in [0.1, 0.15) is 63.5 Å². The zero-order chi connectivity index (χ0) is 54.9. The van der Waals surface area contributed by atoms with Crippen molar-refractivity contribution in [2.24, 2.45) is 39.6 Å². The van der Waals surface area contributed by atoms with Crippen LogP contribution in [0.5, 0.6) is 11.5 Å². The van der Waals surface area contributed by atoms with Crippen molar-refractivity contribution in [3.05, 3.63) is 59.7 Å². The van der Waals surface area contributed by atoms with E-state index >= 15 is 0 Å². The van der Waals surface area contributed by atoms with Gasteiger partial charge < -0.3 is 86.3 Å². The summed E-state index contributed by atoms with van der Waals surface area (Å²) in [7, 11) is 0. The molecule has 402 valence electrons. The summed E-state index contributed by atoms with van der Waals surface area (Å²) in [6.07, 6.45) is -1.62. The summed E-state index contributed by atoms with van der Waals surface area (Å²) in [5.74, 6) is -11.8. The molecule has 0 spiro atoms. The van der Waals surface area contributed by atoms with Crippen molar-refractivity contribution in [2.75, 3.05) is 18.9 Å². The van der Waals surface area contributed by atoms with Crippen molar-refractivity contribution in [2.45, 2.75) is 114 Å². The standard InChI is InChI=1S/C45H67N13O14S/c1-3-22(2)36(58-37(64)27(46)14-15-34(47)62)43(70)55-31(19-35(48)63)41(68)56-32(20-59)42(69)52-28(5-4-16-51-45(49)50)38(65)53-29(17-23-6-10-25(60)11-7-23)39(66)54-30(18-24-8-12-26(61)13-9-24)40(67)57-33(21-73)44(71)72/h6-13,22,27-33,36,59-61,73H,3-5,14-21,46H2,1-2H3,(H2,47,62)(H2,48,63)(H,52,69)(H,53,65)(H,54,66)(H,55,70)(H,56,68)(H,57,67)(H,58,64)(H,71,72)(H4,49,50,51)/t22-,27-,28-,29-,30-,31-,32-,33-,36-/m0/s1. The third-order valence-corrected chi connectivity index (χ3v) is 11.4. The van der Waals surface area contributed by atoms with Gasteiger partial charge in [0.25, 0.3) is 0 Å². The van der Waals surface area contributed by atoms with Crippen molar-refractivity contribution >= 4 is 77.7 Å². The number of phenols is 2. The minimum Gasteiger partial charge on any atom is -0.508 e. The summed E-state index contributed by atoms with van der Waals surface area (Å²) in [6.45, 7) is 2.12. The molecule has 0 radical (unpaired) electrons. The molecule has 2 aromatic carbocycles. The van der Waals surface area contributed by atoms with Crippen molar-refractivity contribution in [1.29, 1.82) is 0 Å². The monoisotopic (exact) mass is 1050 g/mol. The Hall–Kier alpha value is -7.72. The molecule has 0 aromatic heterocycles. The number of hydrogen-bond acceptors (Lipinski definition) is 16. The van der Waals surface area contributed by atoms with E-state index in [-0.39, 0.29) is 68.3 Å². The highest BCUT2D eigenvalue weighted by Gasteiger charge is 2.36. The lowest BCUT2D eigenvalue weighted by molar-refractivity contribution is -0.141. The summed E-state index contributed by atoms with van der Waals surface area (Å²) >= 11 is 3.98. The molecule has 2 aromatic rings. The molecular formula is C45H67N13O14S. The number of rotatable bonds is 32. The Morgan fingerprint density at radius 2 is 1.03 bits per heavy atom. The SMILES string of the molecule is CC[C@H](C)[C@H](NC(=O)[C@@H](N)CCC(N)=O)C(=O)N[C@@H](CC(N)=O)C(=O)N[C@@H](CO)C(=O)N[C@@H](CCCN=C(N)N)C(=O)N[C@@H](Cc1ccc(O)cc1)C(=O)N[C@@H](Cc1ccc(O)cc1)C(=O)N[C@@H](CS)C(=O)O. The number of benzene rings is 2. The number of primary amides is 2. The number of nitrogens with two attached hydrogens (primary N) is 5. The summed E-state index contributed by atoms with van der Waals surface area (Å²) < 4.78 is 0. The first kappa shape index (κ1) is 61.4. The maximum absolute atomic E-state index is 14.3. The van der Waals surface area contributed by atoms with Gasteiger partial charge in [0.15, 0.2) is 5.96 Å². The van der Waals surface area contributed by atoms with Gasteiger partial charge in [-0.15, -0.1) is 0 Å². The first-order valence-corrected chi connectivity index (χ1v) is 23.5. The summed E-state index contributed by atoms with van der Waals surface area (Å²) in [5.41, 5.74) is 28.2. The number of carboxylic acids is 1. The fraction of sp³-hybridized carbons (Fsp3) is 0.489. The van der Waals surface area contributed by atoms with Gasteiger partial charge in [-0.05, 0) is 60.6 Å². The maximum atomic E-state index is 14.3. The van der Waals surface area contributed by atoms with E-state index in [4.69, 9.17) is 28.7 Å². The number of aliphatic imine (C=N–C) groups is 1. The van der Waals surface area contributed by atoms with Gasteiger partial charge in [0.05, 0.1) is 19.1 Å². The van der Waals surface area contributed by atoms with Crippen LogP contribution >= 0.6 is 12.6 Å². The molecule has 0 saturated carbocycles. The second-order valence-corrected chi connectivity index (χ2v) is 17.3. The number of thiol groups is 1. The van der Waals surface area contributed by atoms with E-state index in [1.54, 1.807) is 13.8 Å². The van der Waals surface area contributed by atoms with Crippen molar-refractivity contribution in [3.8, 4) is 11.5 Å². The van der Waals surface area contributed by atoms with Crippen molar-refractivity contribution in [1.82, 2.24) is 37.2 Å². The van der Waals surface area contributed by atoms with E-state index in [1.807, 2.05) is 0 Å². The third-order valence-electron chi connectivity index (χ3n) is 11.1. The van der Waals surface area contributed by atoms with E-state index in [1.165, 1.54) is 48.5 Å². The lowest BCUT2D eigenvalue weighted by atomic mass is 9.97. The number of aliphatic hydroxyl groups is 1. The van der Waals surface area contributed by atoms with Crippen molar-refractivity contribution < 1.29 is 68.4 Å². The number of hydrogen-bond donors (Lipinski definition) is 17. The predicted molar refractivity (Wildman–Crippen MR) is 265 cm³/mol. The molecule has 73 heavy (non-hydrogen) atoms. The Labute approximate surface area is 425 Å². The van der Waals surface area contributed by atoms with Crippen LogP contribution < -0.4 is 65.9 Å². The highest BCUT2D eigenvalue weighted by atomic mass is 32.1. The summed E-state index contributed by atoms with van der Waals surface area (Å²) in [6, 6.07) is -1.29. The number of aliphatic carboxylic acids is 1. The van der Waals surface area contributed by atoms with Crippen LogP contribution in [0.2, 0.25) is 0 Å². The number of carbonyl (C=O) groups is 10. The summed E-state index contributed by atoms with van der Waals surface area (Å²) in [4.78, 5) is 135. The van der Waals surface area contributed by atoms with E-state index in [0.29, 0.717) is 17.5 Å². The molecule has 0 aliphatic heterocycles. The lowest BCUT2D eigenvalue weighted by Crippen LogP contribution is -2.61. The van der Waals surface area contributed by atoms with Gasteiger partial charge in [-0.2, -0.15) is 12.6 Å². The zero-order valence-electron chi connectivity index (χ0n) is 40.2. The highest BCUT2D eigenvalue weighted by Crippen LogP contribution is 2.15. The van der Waals surface area contributed by atoms with Crippen LogP contribution in [0.25, 0.3) is 0 Å². The largest absolute Gasteiger partial charge is 0.508 e. The van der Waals surface area contributed by atoms with Crippen LogP contribution in [0, 0.1) is 5.92 Å². The van der Waals surface area contributed by atoms with Crippen LogP contribution in [0.15, 0.2) is 53.5 Å². The predicted octanol–water partition coefficient (Wildman–Crippen LogP) is -5.15. The van der Waals surface area contributed by atoms with E-state index in [0.717, 1.165) is 0 Å². The quantitative estimate of drug-likeness (QED) is 0.0141. The van der Waals surface area contributed by atoms with Gasteiger partial charge in [-0.3, -0.25) is 48.1 Å². The highest BCUT2D eigenvalue weighted by molar-refractivity contribution is 7.80. The molecule has 28 heteroatoms. The molecule has 9 atom stereocenters. The van der Waals surface area contributed by atoms with Crippen LogP contribution in [0.4, 0.5) is 0 Å². The minimum absolute atomic E-state index is 0.0165. The Balaban J connectivity index is 2.49. The first-order chi connectivity index (χ1) is 34.4. The smallest absolute Gasteiger partial charge is 0.327 e. The molecule has 0 fully saturated rings. The van der Waals surface area contributed by atoms with Gasteiger partial charge in [0, 0.05) is 31.6 Å². The maximum Gasteiger partial charge on any atom is 0.327 e. The Bertz CT molecular complexity index is 2270. The van der Waals surface area contributed by atoms with Gasteiger partial charge in [0.2, 0.25) is 53.2 Å². The number of aromatic hydroxyl groups is 2.